The van der Waals surface area contributed by atoms with E-state index in [9.17, 15) is 9.59 Å². The molecule has 2 aliphatic rings. The summed E-state index contributed by atoms with van der Waals surface area (Å²) in [4.78, 5) is 27.7. The van der Waals surface area contributed by atoms with Crippen molar-refractivity contribution in [1.82, 2.24) is 4.98 Å². The zero-order valence-corrected chi connectivity index (χ0v) is 21.6. The van der Waals surface area contributed by atoms with Gasteiger partial charge in [0, 0.05) is 18.8 Å². The number of thiazole rings is 1. The maximum absolute atomic E-state index is 12.7. The molecule has 0 aromatic carbocycles. The van der Waals surface area contributed by atoms with Gasteiger partial charge in [-0.25, -0.2) is 4.98 Å². The first-order chi connectivity index (χ1) is 16.0. The lowest BCUT2D eigenvalue weighted by molar-refractivity contribution is -0.136. The standard InChI is InChI=1S/C25H40N2O4S2/c1-2-15-31-20-10-8-19(9-11-20)21(18-6-4-3-5-7-18)12-13-22(28)27-25-26-17-24(33-25)32-16-14-23(29)30/h17-21H,2-16H2,1H3,(H,29,30)(H,26,27,28). The molecule has 2 aliphatic carbocycles. The Morgan fingerprint density at radius 1 is 1.15 bits per heavy atom. The van der Waals surface area contributed by atoms with Crippen LogP contribution in [0.2, 0.25) is 0 Å². The second kappa shape index (κ2) is 14.3. The van der Waals surface area contributed by atoms with Gasteiger partial charge < -0.3 is 15.2 Å². The lowest BCUT2D eigenvalue weighted by Gasteiger charge is -2.39. The van der Waals surface area contributed by atoms with Crippen molar-refractivity contribution in [1.29, 1.82) is 0 Å². The van der Waals surface area contributed by atoms with Crippen LogP contribution < -0.4 is 5.32 Å². The fourth-order valence-corrected chi connectivity index (χ4v) is 7.38. The molecule has 0 bridgehead atoms. The molecule has 6 nitrogen and oxygen atoms in total. The first-order valence-electron chi connectivity index (χ1n) is 12.8. The van der Waals surface area contributed by atoms with Crippen molar-refractivity contribution in [3.8, 4) is 0 Å². The van der Waals surface area contributed by atoms with Gasteiger partial charge in [-0.1, -0.05) is 50.4 Å². The number of carbonyl (C=O) groups is 2. The number of nitrogens with one attached hydrogen (secondary N) is 1. The average molecular weight is 497 g/mol. The Hall–Kier alpha value is -1.12. The summed E-state index contributed by atoms with van der Waals surface area (Å²) < 4.78 is 6.95. The number of aliphatic carboxylic acids is 1. The molecule has 1 atom stereocenters. The van der Waals surface area contributed by atoms with Gasteiger partial charge >= 0.3 is 5.97 Å². The van der Waals surface area contributed by atoms with Gasteiger partial charge in [-0.05, 0) is 56.3 Å². The van der Waals surface area contributed by atoms with Crippen LogP contribution in [0.4, 0.5) is 5.13 Å². The predicted molar refractivity (Wildman–Crippen MR) is 135 cm³/mol. The lowest BCUT2D eigenvalue weighted by atomic mass is 9.67. The highest BCUT2D eigenvalue weighted by Crippen LogP contribution is 2.42. The topological polar surface area (TPSA) is 88.5 Å². The summed E-state index contributed by atoms with van der Waals surface area (Å²) >= 11 is 2.89. The molecular weight excluding hydrogens is 456 g/mol. The quantitative estimate of drug-likeness (QED) is 0.299. The van der Waals surface area contributed by atoms with E-state index in [1.54, 1.807) is 6.20 Å². The Morgan fingerprint density at radius 3 is 2.58 bits per heavy atom. The Morgan fingerprint density at radius 2 is 1.88 bits per heavy atom. The third kappa shape index (κ3) is 9.21. The second-order valence-electron chi connectivity index (χ2n) is 9.53. The van der Waals surface area contributed by atoms with E-state index in [2.05, 4.69) is 17.2 Å². The Balaban J connectivity index is 1.48. The number of carboxylic acid groups (broad SMARTS) is 1. The fraction of sp³-hybridized carbons (Fsp3) is 0.800. The number of hydrogen-bond acceptors (Lipinski definition) is 6. The summed E-state index contributed by atoms with van der Waals surface area (Å²) in [6, 6.07) is 0. The molecule has 1 heterocycles. The Kier molecular flexibility index (Phi) is 11.5. The molecule has 8 heteroatoms. The number of amides is 1. The van der Waals surface area contributed by atoms with Crippen LogP contribution in [-0.2, 0) is 14.3 Å². The van der Waals surface area contributed by atoms with Crippen LogP contribution in [0.1, 0.15) is 90.4 Å². The van der Waals surface area contributed by atoms with E-state index in [1.165, 1.54) is 80.9 Å². The summed E-state index contributed by atoms with van der Waals surface area (Å²) in [5.74, 6) is 1.89. The van der Waals surface area contributed by atoms with Gasteiger partial charge in [0.25, 0.3) is 0 Å². The van der Waals surface area contributed by atoms with E-state index >= 15 is 0 Å². The Bertz CT molecular complexity index is 728. The molecule has 2 N–H and O–H groups in total. The smallest absolute Gasteiger partial charge is 0.304 e. The highest BCUT2D eigenvalue weighted by atomic mass is 32.2. The molecule has 0 radical (unpaired) electrons. The Labute approximate surface area is 206 Å². The highest BCUT2D eigenvalue weighted by Gasteiger charge is 2.33. The summed E-state index contributed by atoms with van der Waals surface area (Å²) in [6.07, 6.45) is 16.4. The van der Waals surface area contributed by atoms with Gasteiger partial charge in [-0.3, -0.25) is 9.59 Å². The molecule has 0 aliphatic heterocycles. The molecule has 1 unspecified atom stereocenters. The van der Waals surface area contributed by atoms with Crippen LogP contribution in [0.3, 0.4) is 0 Å². The van der Waals surface area contributed by atoms with E-state index in [-0.39, 0.29) is 12.3 Å². The number of thioether (sulfide) groups is 1. The largest absolute Gasteiger partial charge is 0.481 e. The minimum Gasteiger partial charge on any atom is -0.481 e. The highest BCUT2D eigenvalue weighted by molar-refractivity contribution is 8.01. The van der Waals surface area contributed by atoms with Crippen molar-refractivity contribution in [2.75, 3.05) is 17.7 Å². The molecule has 2 saturated carbocycles. The average Bonchev–Trinajstić information content (AvgIpc) is 3.26. The van der Waals surface area contributed by atoms with Gasteiger partial charge in [0.1, 0.15) is 0 Å². The van der Waals surface area contributed by atoms with Gasteiger partial charge in [-0.15, -0.1) is 11.8 Å². The van der Waals surface area contributed by atoms with Crippen molar-refractivity contribution in [3.63, 3.8) is 0 Å². The number of ether oxygens (including phenoxy) is 1. The number of anilines is 1. The van der Waals surface area contributed by atoms with E-state index in [4.69, 9.17) is 9.84 Å². The molecule has 186 valence electrons. The predicted octanol–water partition coefficient (Wildman–Crippen LogP) is 6.61. The van der Waals surface area contributed by atoms with E-state index in [0.29, 0.717) is 29.3 Å². The summed E-state index contributed by atoms with van der Waals surface area (Å²) in [5.41, 5.74) is 0. The second-order valence-corrected chi connectivity index (χ2v) is 12.0. The molecule has 1 aromatic rings. The summed E-state index contributed by atoms with van der Waals surface area (Å²) in [6.45, 7) is 3.04. The van der Waals surface area contributed by atoms with Crippen LogP contribution >= 0.6 is 23.1 Å². The molecule has 0 saturated heterocycles. The van der Waals surface area contributed by atoms with E-state index in [1.807, 2.05) is 0 Å². The van der Waals surface area contributed by atoms with Crippen molar-refractivity contribution in [3.05, 3.63) is 6.20 Å². The maximum Gasteiger partial charge on any atom is 0.304 e. The monoisotopic (exact) mass is 496 g/mol. The van der Waals surface area contributed by atoms with Gasteiger partial charge in [0.15, 0.2) is 5.13 Å². The molecule has 0 spiro atoms. The number of carbonyl (C=O) groups excluding carboxylic acids is 1. The maximum atomic E-state index is 12.7. The SMILES string of the molecule is CCCOC1CCC(C(CCC(=O)Nc2ncc(SCCC(=O)O)s2)C2CCCCC2)CC1. The van der Waals surface area contributed by atoms with Crippen LogP contribution in [0.5, 0.6) is 0 Å². The molecule has 3 rings (SSSR count). The van der Waals surface area contributed by atoms with Crippen LogP contribution in [0.25, 0.3) is 0 Å². The van der Waals surface area contributed by atoms with Gasteiger partial charge in [0.2, 0.25) is 5.91 Å². The van der Waals surface area contributed by atoms with Crippen LogP contribution in [0, 0.1) is 17.8 Å². The number of carboxylic acids is 1. The third-order valence-electron chi connectivity index (χ3n) is 7.13. The zero-order chi connectivity index (χ0) is 23.5. The fourth-order valence-electron chi connectivity index (χ4n) is 5.49. The van der Waals surface area contributed by atoms with Gasteiger partial charge in [0.05, 0.1) is 22.9 Å². The van der Waals surface area contributed by atoms with Crippen molar-refractivity contribution in [2.45, 2.75) is 101 Å². The summed E-state index contributed by atoms with van der Waals surface area (Å²) in [5, 5.41) is 12.3. The minimum atomic E-state index is -0.796. The molecule has 1 aromatic heterocycles. The van der Waals surface area contributed by atoms with E-state index < -0.39 is 5.97 Å². The molecular formula is C25H40N2O4S2. The molecule has 2 fully saturated rings. The van der Waals surface area contributed by atoms with E-state index in [0.717, 1.165) is 35.5 Å². The summed E-state index contributed by atoms with van der Waals surface area (Å²) in [7, 11) is 0. The third-order valence-corrected chi connectivity index (χ3v) is 9.24. The lowest BCUT2D eigenvalue weighted by Crippen LogP contribution is -2.32. The zero-order valence-electron chi connectivity index (χ0n) is 19.9. The number of hydrogen-bond donors (Lipinski definition) is 2. The number of nitrogens with zero attached hydrogens (tertiary/aromatic N) is 1. The van der Waals surface area contributed by atoms with Crippen LogP contribution in [-0.4, -0.2) is 40.4 Å². The van der Waals surface area contributed by atoms with Crippen molar-refractivity contribution in [2.24, 2.45) is 17.8 Å². The molecule has 33 heavy (non-hydrogen) atoms. The number of rotatable bonds is 13. The minimum absolute atomic E-state index is 0.0483. The number of aromatic nitrogens is 1. The normalized spacial score (nSPS) is 22.7. The van der Waals surface area contributed by atoms with Crippen LogP contribution in [0.15, 0.2) is 10.4 Å². The van der Waals surface area contributed by atoms with Gasteiger partial charge in [-0.2, -0.15) is 0 Å². The first-order valence-corrected chi connectivity index (χ1v) is 14.6. The van der Waals surface area contributed by atoms with Crippen molar-refractivity contribution < 1.29 is 19.4 Å². The molecule has 1 amide bonds. The van der Waals surface area contributed by atoms with Crippen molar-refractivity contribution >= 4 is 40.1 Å². The first kappa shape index (κ1) is 26.5.